The maximum atomic E-state index is 11.8. The van der Waals surface area contributed by atoms with Gasteiger partial charge in [0.05, 0.1) is 0 Å². The third-order valence-electron chi connectivity index (χ3n) is 3.12. The van der Waals surface area contributed by atoms with Crippen molar-refractivity contribution in [2.45, 2.75) is 32.0 Å². The van der Waals surface area contributed by atoms with Gasteiger partial charge < -0.3 is 15.4 Å². The molecule has 2 rings (SSSR count). The van der Waals surface area contributed by atoms with Gasteiger partial charge in [-0.15, -0.1) is 0 Å². The lowest BCUT2D eigenvalue weighted by molar-refractivity contribution is -0.147. The molecule has 1 heterocycles. The van der Waals surface area contributed by atoms with E-state index in [1.54, 1.807) is 0 Å². The first-order valence-corrected chi connectivity index (χ1v) is 6.43. The quantitative estimate of drug-likeness (QED) is 0.765. The van der Waals surface area contributed by atoms with Crippen LogP contribution in [0.25, 0.3) is 0 Å². The van der Waals surface area contributed by atoms with Crippen molar-refractivity contribution in [3.8, 4) is 0 Å². The van der Waals surface area contributed by atoms with Gasteiger partial charge in [0.1, 0.15) is 12.6 Å². The summed E-state index contributed by atoms with van der Waals surface area (Å²) < 4.78 is 5.28. The van der Waals surface area contributed by atoms with Crippen LogP contribution in [0.2, 0.25) is 0 Å². The van der Waals surface area contributed by atoms with Gasteiger partial charge in [-0.2, -0.15) is 0 Å². The van der Waals surface area contributed by atoms with Gasteiger partial charge in [0, 0.05) is 12.6 Å². The number of rotatable bonds is 5. The summed E-state index contributed by atoms with van der Waals surface area (Å²) in [4.78, 5) is 11.8. The predicted octanol–water partition coefficient (Wildman–Crippen LogP) is 1.07. The Morgan fingerprint density at radius 1 is 1.50 bits per heavy atom. The zero-order chi connectivity index (χ0) is 12.8. The number of ether oxygens (including phenoxy) is 1. The Morgan fingerprint density at radius 2 is 2.28 bits per heavy atom. The summed E-state index contributed by atoms with van der Waals surface area (Å²) in [5, 5.41) is 6.54. The zero-order valence-electron chi connectivity index (χ0n) is 10.7. The molecule has 2 N–H and O–H groups in total. The molecule has 0 aromatic heterocycles. The monoisotopic (exact) mass is 248 g/mol. The second-order valence-electron chi connectivity index (χ2n) is 4.67. The van der Waals surface area contributed by atoms with Crippen LogP contribution >= 0.6 is 0 Å². The van der Waals surface area contributed by atoms with Gasteiger partial charge in [0.15, 0.2) is 0 Å². The minimum atomic E-state index is -0.251. The molecule has 1 aromatic carbocycles. The second-order valence-corrected chi connectivity index (χ2v) is 4.67. The largest absolute Gasteiger partial charge is 0.460 e. The lowest BCUT2D eigenvalue weighted by Gasteiger charge is -2.17. The van der Waals surface area contributed by atoms with Crippen molar-refractivity contribution in [3.05, 3.63) is 35.9 Å². The van der Waals surface area contributed by atoms with Crippen molar-refractivity contribution in [1.29, 1.82) is 0 Å². The van der Waals surface area contributed by atoms with Crippen LogP contribution in [0.3, 0.4) is 0 Å². The number of hydrogen-bond acceptors (Lipinski definition) is 4. The number of carbonyl (C=O) groups excluding carboxylic acids is 1. The van der Waals surface area contributed by atoms with E-state index in [2.05, 4.69) is 10.6 Å². The molecule has 1 fully saturated rings. The molecule has 2 atom stereocenters. The Balaban J connectivity index is 1.73. The smallest absolute Gasteiger partial charge is 0.323 e. The predicted molar refractivity (Wildman–Crippen MR) is 70.1 cm³/mol. The summed E-state index contributed by atoms with van der Waals surface area (Å²) >= 11 is 0. The zero-order valence-corrected chi connectivity index (χ0v) is 10.7. The molecule has 98 valence electrons. The molecule has 4 heteroatoms. The van der Waals surface area contributed by atoms with Gasteiger partial charge in [0.2, 0.25) is 0 Å². The summed E-state index contributed by atoms with van der Waals surface area (Å²) in [6, 6.07) is 9.86. The minimum absolute atomic E-state index is 0.189. The molecule has 1 aliphatic rings. The molecule has 0 aliphatic carbocycles. The first kappa shape index (κ1) is 13.1. The molecule has 0 bridgehead atoms. The Labute approximate surface area is 108 Å². The fraction of sp³-hybridized carbons (Fsp3) is 0.500. The Kier molecular flexibility index (Phi) is 4.73. The summed E-state index contributed by atoms with van der Waals surface area (Å²) in [5.74, 6) is -0.189. The molecule has 0 spiro atoms. The number of carbonyl (C=O) groups is 1. The van der Waals surface area contributed by atoms with Crippen LogP contribution in [0.4, 0.5) is 0 Å². The van der Waals surface area contributed by atoms with Crippen molar-refractivity contribution in [1.82, 2.24) is 10.6 Å². The molecule has 0 amide bonds. The molecule has 0 saturated carbocycles. The molecule has 18 heavy (non-hydrogen) atoms. The van der Waals surface area contributed by atoms with E-state index in [1.807, 2.05) is 37.3 Å². The molecular formula is C14H20N2O2. The van der Waals surface area contributed by atoms with E-state index in [4.69, 9.17) is 4.74 Å². The van der Waals surface area contributed by atoms with Crippen LogP contribution < -0.4 is 10.6 Å². The highest BCUT2D eigenvalue weighted by molar-refractivity contribution is 5.75. The maximum absolute atomic E-state index is 11.8. The van der Waals surface area contributed by atoms with Crippen molar-refractivity contribution >= 4 is 5.97 Å². The van der Waals surface area contributed by atoms with E-state index < -0.39 is 0 Å². The number of hydrogen-bond donors (Lipinski definition) is 2. The van der Waals surface area contributed by atoms with Gasteiger partial charge in [-0.1, -0.05) is 30.3 Å². The molecule has 4 nitrogen and oxygen atoms in total. The molecule has 2 unspecified atom stereocenters. The second kappa shape index (κ2) is 6.52. The maximum Gasteiger partial charge on any atom is 0.323 e. The standard InChI is InChI=1S/C14H20N2O2/c1-11(16-13-7-8-15-9-13)14(17)18-10-12-5-3-2-4-6-12/h2-6,11,13,15-16H,7-10H2,1H3. The van der Waals surface area contributed by atoms with Crippen LogP contribution in [0.5, 0.6) is 0 Å². The van der Waals surface area contributed by atoms with Crippen molar-refractivity contribution < 1.29 is 9.53 Å². The van der Waals surface area contributed by atoms with E-state index in [0.717, 1.165) is 25.1 Å². The topological polar surface area (TPSA) is 50.4 Å². The fourth-order valence-corrected chi connectivity index (χ4v) is 2.07. The van der Waals surface area contributed by atoms with Crippen LogP contribution in [0.1, 0.15) is 18.9 Å². The first-order valence-electron chi connectivity index (χ1n) is 6.43. The van der Waals surface area contributed by atoms with Crippen LogP contribution in [0.15, 0.2) is 30.3 Å². The molecule has 1 aliphatic heterocycles. The average Bonchev–Trinajstić information content (AvgIpc) is 2.90. The van der Waals surface area contributed by atoms with Crippen LogP contribution in [0, 0.1) is 0 Å². The molecule has 1 saturated heterocycles. The lowest BCUT2D eigenvalue weighted by Crippen LogP contribution is -2.43. The Morgan fingerprint density at radius 3 is 2.94 bits per heavy atom. The van der Waals surface area contributed by atoms with Gasteiger partial charge in [-0.3, -0.25) is 4.79 Å². The van der Waals surface area contributed by atoms with E-state index >= 15 is 0 Å². The highest BCUT2D eigenvalue weighted by Crippen LogP contribution is 2.03. The fourth-order valence-electron chi connectivity index (χ4n) is 2.07. The van der Waals surface area contributed by atoms with Gasteiger partial charge in [-0.25, -0.2) is 0 Å². The Bertz CT molecular complexity index is 375. The van der Waals surface area contributed by atoms with E-state index in [1.165, 1.54) is 0 Å². The first-order chi connectivity index (χ1) is 8.75. The highest BCUT2D eigenvalue weighted by Gasteiger charge is 2.21. The third-order valence-corrected chi connectivity index (χ3v) is 3.12. The normalized spacial score (nSPS) is 20.6. The van der Waals surface area contributed by atoms with Crippen molar-refractivity contribution in [2.24, 2.45) is 0 Å². The van der Waals surface area contributed by atoms with E-state index in [9.17, 15) is 4.79 Å². The van der Waals surface area contributed by atoms with Gasteiger partial charge >= 0.3 is 5.97 Å². The number of benzene rings is 1. The average molecular weight is 248 g/mol. The highest BCUT2D eigenvalue weighted by atomic mass is 16.5. The summed E-state index contributed by atoms with van der Waals surface area (Å²) in [7, 11) is 0. The molecule has 0 radical (unpaired) electrons. The van der Waals surface area contributed by atoms with Crippen molar-refractivity contribution in [3.63, 3.8) is 0 Å². The van der Waals surface area contributed by atoms with E-state index in [-0.39, 0.29) is 12.0 Å². The summed E-state index contributed by atoms with van der Waals surface area (Å²) in [6.07, 6.45) is 1.07. The summed E-state index contributed by atoms with van der Waals surface area (Å²) in [6.45, 7) is 4.14. The molecular weight excluding hydrogens is 228 g/mol. The van der Waals surface area contributed by atoms with Crippen LogP contribution in [-0.4, -0.2) is 31.1 Å². The third kappa shape index (κ3) is 3.82. The number of nitrogens with one attached hydrogen (secondary N) is 2. The van der Waals surface area contributed by atoms with Gasteiger partial charge in [0.25, 0.3) is 0 Å². The summed E-state index contributed by atoms with van der Waals surface area (Å²) in [5.41, 5.74) is 1.01. The van der Waals surface area contributed by atoms with Crippen LogP contribution in [-0.2, 0) is 16.1 Å². The Hall–Kier alpha value is -1.39. The minimum Gasteiger partial charge on any atom is -0.460 e. The lowest BCUT2D eigenvalue weighted by atomic mass is 10.2. The SMILES string of the molecule is CC(NC1CCNC1)C(=O)OCc1ccccc1. The van der Waals surface area contributed by atoms with E-state index in [0.29, 0.717) is 12.6 Å². The number of esters is 1. The molecule has 1 aromatic rings. The van der Waals surface area contributed by atoms with Gasteiger partial charge in [-0.05, 0) is 25.5 Å². The van der Waals surface area contributed by atoms with Crippen molar-refractivity contribution in [2.75, 3.05) is 13.1 Å².